The van der Waals surface area contributed by atoms with E-state index in [9.17, 15) is 4.79 Å². The van der Waals surface area contributed by atoms with E-state index in [1.807, 2.05) is 30.6 Å². The summed E-state index contributed by atoms with van der Waals surface area (Å²) < 4.78 is 0. The maximum atomic E-state index is 10.0. The highest BCUT2D eigenvalue weighted by atomic mass is 16.1. The quantitative estimate of drug-likeness (QED) is 0.722. The van der Waals surface area contributed by atoms with Gasteiger partial charge in [-0.3, -0.25) is 4.79 Å². The topological polar surface area (TPSA) is 43.1 Å². The molecular weight excluding hydrogens is 150 g/mol. The Kier molecular flexibility index (Phi) is 3.48. The first-order valence-corrected chi connectivity index (χ1v) is 4.00. The standard InChI is InChI=1S/C10H12NO/c11-8-10-5-2-1-4-9(10)6-3-7-12/h1-2,4-5H,3,6,8,11H2. The van der Waals surface area contributed by atoms with E-state index in [-0.39, 0.29) is 0 Å². The Morgan fingerprint density at radius 1 is 1.25 bits per heavy atom. The van der Waals surface area contributed by atoms with E-state index in [1.54, 1.807) is 0 Å². The molecule has 1 rings (SSSR count). The molecule has 1 radical (unpaired) electrons. The fourth-order valence-electron chi connectivity index (χ4n) is 1.19. The minimum Gasteiger partial charge on any atom is -0.326 e. The van der Waals surface area contributed by atoms with E-state index < -0.39 is 0 Å². The van der Waals surface area contributed by atoms with Crippen LogP contribution < -0.4 is 5.73 Å². The van der Waals surface area contributed by atoms with Crippen molar-refractivity contribution in [3.05, 3.63) is 35.4 Å². The van der Waals surface area contributed by atoms with Gasteiger partial charge in [-0.1, -0.05) is 24.3 Å². The molecule has 2 nitrogen and oxygen atoms in total. The highest BCUT2D eigenvalue weighted by Crippen LogP contribution is 2.09. The molecule has 0 bridgehead atoms. The summed E-state index contributed by atoms with van der Waals surface area (Å²) in [5.74, 6) is 0. The predicted molar refractivity (Wildman–Crippen MR) is 48.3 cm³/mol. The minimum absolute atomic E-state index is 0.455. The molecule has 0 heterocycles. The van der Waals surface area contributed by atoms with Gasteiger partial charge in [-0.15, -0.1) is 0 Å². The lowest BCUT2D eigenvalue weighted by molar-refractivity contribution is 0.551. The highest BCUT2D eigenvalue weighted by molar-refractivity contribution is 5.51. The van der Waals surface area contributed by atoms with Crippen LogP contribution in [0.15, 0.2) is 24.3 Å². The van der Waals surface area contributed by atoms with E-state index in [0.29, 0.717) is 13.0 Å². The molecule has 0 atom stereocenters. The summed E-state index contributed by atoms with van der Waals surface area (Å²) in [5.41, 5.74) is 7.80. The molecule has 0 aromatic heterocycles. The zero-order chi connectivity index (χ0) is 8.81. The van der Waals surface area contributed by atoms with Crippen molar-refractivity contribution in [3.8, 4) is 0 Å². The fourth-order valence-corrected chi connectivity index (χ4v) is 1.19. The van der Waals surface area contributed by atoms with Gasteiger partial charge in [0, 0.05) is 13.0 Å². The Balaban J connectivity index is 2.74. The van der Waals surface area contributed by atoms with E-state index in [1.165, 1.54) is 0 Å². The molecule has 1 aromatic carbocycles. The first-order chi connectivity index (χ1) is 5.88. The van der Waals surface area contributed by atoms with Crippen LogP contribution in [-0.2, 0) is 17.8 Å². The van der Waals surface area contributed by atoms with Crippen LogP contribution in [0.4, 0.5) is 0 Å². The summed E-state index contributed by atoms with van der Waals surface area (Å²) in [5, 5.41) is 0. The third-order valence-corrected chi connectivity index (χ3v) is 1.83. The first-order valence-electron chi connectivity index (χ1n) is 4.00. The average molecular weight is 162 g/mol. The SMILES string of the molecule is NCc1ccccc1CC[C]=O. The summed E-state index contributed by atoms with van der Waals surface area (Å²) in [6, 6.07) is 7.90. The number of nitrogens with two attached hydrogens (primary N) is 1. The van der Waals surface area contributed by atoms with Gasteiger partial charge in [-0.25, -0.2) is 0 Å². The summed E-state index contributed by atoms with van der Waals surface area (Å²) in [7, 11) is 0. The minimum atomic E-state index is 0.455. The molecule has 0 unspecified atom stereocenters. The van der Waals surface area contributed by atoms with Crippen LogP contribution in [0, 0.1) is 0 Å². The summed E-state index contributed by atoms with van der Waals surface area (Å²) in [6.45, 7) is 0.537. The van der Waals surface area contributed by atoms with Gasteiger partial charge in [0.1, 0.15) is 0 Å². The van der Waals surface area contributed by atoms with Crippen LogP contribution in [0.3, 0.4) is 0 Å². The van der Waals surface area contributed by atoms with Gasteiger partial charge in [-0.05, 0) is 17.5 Å². The summed E-state index contributed by atoms with van der Waals surface area (Å²) in [6.07, 6.45) is 3.08. The summed E-state index contributed by atoms with van der Waals surface area (Å²) >= 11 is 0. The Morgan fingerprint density at radius 2 is 1.92 bits per heavy atom. The molecule has 1 aromatic rings. The summed E-state index contributed by atoms with van der Waals surface area (Å²) in [4.78, 5) is 10.0. The van der Waals surface area contributed by atoms with E-state index in [0.717, 1.165) is 17.5 Å². The van der Waals surface area contributed by atoms with Crippen molar-refractivity contribution in [2.24, 2.45) is 5.73 Å². The predicted octanol–water partition coefficient (Wildman–Crippen LogP) is 1.19. The van der Waals surface area contributed by atoms with Crippen LogP contribution >= 0.6 is 0 Å². The lowest BCUT2D eigenvalue weighted by Crippen LogP contribution is -2.01. The van der Waals surface area contributed by atoms with Gasteiger partial charge < -0.3 is 5.73 Å². The molecule has 0 amide bonds. The van der Waals surface area contributed by atoms with Gasteiger partial charge >= 0.3 is 0 Å². The van der Waals surface area contributed by atoms with Gasteiger partial charge in [0.25, 0.3) is 0 Å². The molecule has 0 saturated carbocycles. The number of rotatable bonds is 4. The zero-order valence-electron chi connectivity index (χ0n) is 6.92. The maximum Gasteiger partial charge on any atom is 0.198 e. The van der Waals surface area contributed by atoms with Crippen molar-refractivity contribution in [1.29, 1.82) is 0 Å². The molecule has 0 fully saturated rings. The second-order valence-corrected chi connectivity index (χ2v) is 2.62. The first kappa shape index (κ1) is 8.94. The van der Waals surface area contributed by atoms with Crippen molar-refractivity contribution >= 4 is 6.29 Å². The highest BCUT2D eigenvalue weighted by Gasteiger charge is 1.98. The molecule has 2 heteroatoms. The smallest absolute Gasteiger partial charge is 0.198 e. The normalized spacial score (nSPS) is 9.75. The van der Waals surface area contributed by atoms with Crippen molar-refractivity contribution < 1.29 is 4.79 Å². The molecule has 0 aliphatic heterocycles. The molecule has 0 spiro atoms. The van der Waals surface area contributed by atoms with Gasteiger partial charge in [0.05, 0.1) is 0 Å². The van der Waals surface area contributed by atoms with Crippen molar-refractivity contribution in [1.82, 2.24) is 0 Å². The van der Waals surface area contributed by atoms with Crippen LogP contribution in [-0.4, -0.2) is 6.29 Å². The Morgan fingerprint density at radius 3 is 2.50 bits per heavy atom. The van der Waals surface area contributed by atoms with Gasteiger partial charge in [0.2, 0.25) is 0 Å². The second-order valence-electron chi connectivity index (χ2n) is 2.62. The van der Waals surface area contributed by atoms with Gasteiger partial charge in [-0.2, -0.15) is 0 Å². The fraction of sp³-hybridized carbons (Fsp3) is 0.300. The monoisotopic (exact) mass is 162 g/mol. The number of hydrogen-bond acceptors (Lipinski definition) is 2. The number of hydrogen-bond donors (Lipinski definition) is 1. The maximum absolute atomic E-state index is 10.0. The average Bonchev–Trinajstić information content (AvgIpc) is 2.15. The zero-order valence-corrected chi connectivity index (χ0v) is 6.92. The third-order valence-electron chi connectivity index (χ3n) is 1.83. The van der Waals surface area contributed by atoms with Crippen molar-refractivity contribution in [2.45, 2.75) is 19.4 Å². The van der Waals surface area contributed by atoms with E-state index in [4.69, 9.17) is 5.73 Å². The number of aryl methyl sites for hydroxylation is 1. The number of benzene rings is 1. The van der Waals surface area contributed by atoms with Crippen LogP contribution in [0.5, 0.6) is 0 Å². The van der Waals surface area contributed by atoms with Crippen molar-refractivity contribution in [3.63, 3.8) is 0 Å². The van der Waals surface area contributed by atoms with E-state index >= 15 is 0 Å². The lowest BCUT2D eigenvalue weighted by Gasteiger charge is -2.03. The molecule has 2 N–H and O–H groups in total. The number of carbonyl (C=O) groups excluding carboxylic acids is 1. The molecule has 0 saturated heterocycles. The molecule has 0 aliphatic rings. The van der Waals surface area contributed by atoms with Crippen molar-refractivity contribution in [2.75, 3.05) is 0 Å². The second kappa shape index (κ2) is 4.67. The molecular formula is C10H12NO. The van der Waals surface area contributed by atoms with Crippen LogP contribution in [0.2, 0.25) is 0 Å². The van der Waals surface area contributed by atoms with Crippen LogP contribution in [0.1, 0.15) is 17.5 Å². The molecule has 12 heavy (non-hydrogen) atoms. The Labute approximate surface area is 72.4 Å². The Bertz CT molecular complexity index is 258. The lowest BCUT2D eigenvalue weighted by atomic mass is 10.0. The molecule has 63 valence electrons. The largest absolute Gasteiger partial charge is 0.326 e. The Hall–Kier alpha value is -1.15. The van der Waals surface area contributed by atoms with Crippen LogP contribution in [0.25, 0.3) is 0 Å². The molecule has 0 aliphatic carbocycles. The van der Waals surface area contributed by atoms with Gasteiger partial charge in [0.15, 0.2) is 6.29 Å². The van der Waals surface area contributed by atoms with E-state index in [2.05, 4.69) is 0 Å². The third kappa shape index (κ3) is 2.17.